The van der Waals surface area contributed by atoms with Gasteiger partial charge in [0.25, 0.3) is 0 Å². The summed E-state index contributed by atoms with van der Waals surface area (Å²) in [5.74, 6) is -1.37. The lowest BCUT2D eigenvalue weighted by atomic mass is 10.0. The predicted octanol–water partition coefficient (Wildman–Crippen LogP) is 1.91. The molecule has 1 aromatic carbocycles. The average molecular weight is 287 g/mol. The molecule has 21 heavy (non-hydrogen) atoms. The lowest BCUT2D eigenvalue weighted by Gasteiger charge is -2.28. The van der Waals surface area contributed by atoms with Crippen LogP contribution in [0.2, 0.25) is 0 Å². The minimum absolute atomic E-state index is 0.226. The molecule has 0 aliphatic carbocycles. The number of urea groups is 1. The molecule has 0 spiro atoms. The van der Waals surface area contributed by atoms with Crippen LogP contribution in [0.3, 0.4) is 0 Å². The van der Waals surface area contributed by atoms with Crippen molar-refractivity contribution < 1.29 is 14.7 Å². The molecule has 1 N–H and O–H groups in total. The number of likely N-dealkylation sites (tertiary alicyclic amines) is 1. The fourth-order valence-corrected chi connectivity index (χ4v) is 2.60. The molecule has 1 aromatic rings. The molecule has 110 valence electrons. The van der Waals surface area contributed by atoms with Crippen LogP contribution in [0.4, 0.5) is 10.5 Å². The van der Waals surface area contributed by atoms with Gasteiger partial charge in [-0.05, 0) is 37.6 Å². The predicted molar refractivity (Wildman–Crippen MR) is 76.9 cm³/mol. The largest absolute Gasteiger partial charge is 0.481 e. The van der Waals surface area contributed by atoms with Crippen molar-refractivity contribution in [3.63, 3.8) is 0 Å². The first-order chi connectivity index (χ1) is 9.95. The smallest absolute Gasteiger partial charge is 0.324 e. The zero-order chi connectivity index (χ0) is 15.6. The second-order valence-corrected chi connectivity index (χ2v) is 5.17. The summed E-state index contributed by atoms with van der Waals surface area (Å²) < 4.78 is 0. The number of anilines is 1. The maximum absolute atomic E-state index is 12.5. The molecular formula is C15H17N3O3. The van der Waals surface area contributed by atoms with Crippen molar-refractivity contribution in [2.24, 2.45) is 5.92 Å². The molecule has 0 radical (unpaired) electrons. The topological polar surface area (TPSA) is 84.6 Å². The third-order valence-electron chi connectivity index (χ3n) is 3.99. The van der Waals surface area contributed by atoms with Crippen molar-refractivity contribution >= 4 is 17.7 Å². The van der Waals surface area contributed by atoms with Gasteiger partial charge in [0.1, 0.15) is 0 Å². The van der Waals surface area contributed by atoms with Crippen molar-refractivity contribution in [3.8, 4) is 6.07 Å². The van der Waals surface area contributed by atoms with Crippen LogP contribution < -0.4 is 4.90 Å². The van der Waals surface area contributed by atoms with E-state index in [0.717, 1.165) is 0 Å². The zero-order valence-electron chi connectivity index (χ0n) is 12.0. The van der Waals surface area contributed by atoms with E-state index < -0.39 is 11.9 Å². The van der Waals surface area contributed by atoms with E-state index in [2.05, 4.69) is 0 Å². The van der Waals surface area contributed by atoms with Gasteiger partial charge in [0, 0.05) is 25.3 Å². The Kier molecular flexibility index (Phi) is 4.13. The Balaban J connectivity index is 2.12. The number of carbonyl (C=O) groups is 2. The molecule has 1 aliphatic rings. The molecule has 1 heterocycles. The lowest BCUT2D eigenvalue weighted by molar-refractivity contribution is -0.142. The van der Waals surface area contributed by atoms with Crippen molar-refractivity contribution in [2.45, 2.75) is 19.4 Å². The quantitative estimate of drug-likeness (QED) is 0.900. The Morgan fingerprint density at radius 2 is 2.00 bits per heavy atom. The number of aliphatic carboxylic acids is 1. The first-order valence-electron chi connectivity index (χ1n) is 6.73. The number of nitrogens with zero attached hydrogens (tertiary/aromatic N) is 3. The Morgan fingerprint density at radius 3 is 2.48 bits per heavy atom. The molecule has 6 nitrogen and oxygen atoms in total. The van der Waals surface area contributed by atoms with E-state index >= 15 is 0 Å². The van der Waals surface area contributed by atoms with E-state index in [1.165, 1.54) is 4.90 Å². The summed E-state index contributed by atoms with van der Waals surface area (Å²) >= 11 is 0. The molecule has 0 bridgehead atoms. The normalized spacial score (nSPS) is 20.9. The molecule has 2 rings (SSSR count). The first kappa shape index (κ1) is 14.9. The standard InChI is InChI=1S/C15H17N3O3/c1-10-13(14(19)20)7-8-18(10)15(21)17(2)12-5-3-11(9-16)4-6-12/h3-6,10,13H,7-8H2,1-2H3,(H,19,20). The number of nitriles is 1. The van der Waals surface area contributed by atoms with Crippen LogP contribution in [0.1, 0.15) is 18.9 Å². The third-order valence-corrected chi connectivity index (χ3v) is 3.99. The molecule has 0 aromatic heterocycles. The number of hydrogen-bond acceptors (Lipinski definition) is 3. The summed E-state index contributed by atoms with van der Waals surface area (Å²) in [5.41, 5.74) is 1.20. The van der Waals surface area contributed by atoms with E-state index in [1.807, 2.05) is 6.07 Å². The highest BCUT2D eigenvalue weighted by molar-refractivity contribution is 5.92. The first-order valence-corrected chi connectivity index (χ1v) is 6.73. The van der Waals surface area contributed by atoms with E-state index in [4.69, 9.17) is 10.4 Å². The summed E-state index contributed by atoms with van der Waals surface area (Å²) in [4.78, 5) is 26.6. The molecule has 1 saturated heterocycles. The third kappa shape index (κ3) is 2.82. The lowest BCUT2D eigenvalue weighted by Crippen LogP contribution is -2.44. The monoisotopic (exact) mass is 287 g/mol. The minimum Gasteiger partial charge on any atom is -0.481 e. The molecule has 6 heteroatoms. The van der Waals surface area contributed by atoms with E-state index in [0.29, 0.717) is 24.2 Å². The van der Waals surface area contributed by atoms with Crippen LogP contribution in [0, 0.1) is 17.2 Å². The maximum Gasteiger partial charge on any atom is 0.324 e. The van der Waals surface area contributed by atoms with Gasteiger partial charge in [-0.25, -0.2) is 4.79 Å². The highest BCUT2D eigenvalue weighted by Gasteiger charge is 2.39. The van der Waals surface area contributed by atoms with Crippen LogP contribution in [0.5, 0.6) is 0 Å². The van der Waals surface area contributed by atoms with Gasteiger partial charge in [-0.2, -0.15) is 5.26 Å². The van der Waals surface area contributed by atoms with Gasteiger partial charge < -0.3 is 10.0 Å². The minimum atomic E-state index is -0.862. The molecular weight excluding hydrogens is 270 g/mol. The number of amides is 2. The number of carboxylic acids is 1. The number of carboxylic acid groups (broad SMARTS) is 1. The fourth-order valence-electron chi connectivity index (χ4n) is 2.60. The van der Waals surface area contributed by atoms with Gasteiger partial charge >= 0.3 is 12.0 Å². The average Bonchev–Trinajstić information content (AvgIpc) is 2.87. The molecule has 1 aliphatic heterocycles. The Labute approximate surface area is 123 Å². The van der Waals surface area contributed by atoms with Crippen molar-refractivity contribution in [3.05, 3.63) is 29.8 Å². The van der Waals surface area contributed by atoms with Gasteiger partial charge in [-0.15, -0.1) is 0 Å². The highest BCUT2D eigenvalue weighted by atomic mass is 16.4. The van der Waals surface area contributed by atoms with Crippen molar-refractivity contribution in [1.29, 1.82) is 5.26 Å². The molecule has 2 atom stereocenters. The zero-order valence-corrected chi connectivity index (χ0v) is 12.0. The Morgan fingerprint density at radius 1 is 1.38 bits per heavy atom. The number of hydrogen-bond donors (Lipinski definition) is 1. The molecule has 0 saturated carbocycles. The van der Waals surface area contributed by atoms with Crippen LogP contribution in [-0.2, 0) is 4.79 Å². The maximum atomic E-state index is 12.5. The van der Waals surface area contributed by atoms with Crippen molar-refractivity contribution in [1.82, 2.24) is 4.90 Å². The molecule has 2 unspecified atom stereocenters. The summed E-state index contributed by atoms with van der Waals surface area (Å²) in [7, 11) is 1.64. The molecule has 1 fully saturated rings. The highest BCUT2D eigenvalue weighted by Crippen LogP contribution is 2.26. The second-order valence-electron chi connectivity index (χ2n) is 5.17. The number of benzene rings is 1. The summed E-state index contributed by atoms with van der Waals surface area (Å²) in [6.07, 6.45) is 0.476. The van der Waals surface area contributed by atoms with E-state index in [9.17, 15) is 9.59 Å². The van der Waals surface area contributed by atoms with Gasteiger partial charge in [-0.3, -0.25) is 9.69 Å². The fraction of sp³-hybridized carbons (Fsp3) is 0.400. The van der Waals surface area contributed by atoms with Crippen LogP contribution >= 0.6 is 0 Å². The van der Waals surface area contributed by atoms with Crippen LogP contribution in [0.25, 0.3) is 0 Å². The second kappa shape index (κ2) is 5.83. The summed E-state index contributed by atoms with van der Waals surface area (Å²) in [5, 5.41) is 17.9. The SMILES string of the molecule is CC1C(C(=O)O)CCN1C(=O)N(C)c1ccc(C#N)cc1. The molecule has 2 amide bonds. The number of carbonyl (C=O) groups excluding carboxylic acids is 1. The van der Waals surface area contributed by atoms with Gasteiger partial charge in [0.2, 0.25) is 0 Å². The van der Waals surface area contributed by atoms with Gasteiger partial charge in [0.15, 0.2) is 0 Å². The van der Waals surface area contributed by atoms with E-state index in [1.54, 1.807) is 43.1 Å². The Bertz CT molecular complexity index is 591. The van der Waals surface area contributed by atoms with Gasteiger partial charge in [0.05, 0.1) is 17.6 Å². The van der Waals surface area contributed by atoms with Gasteiger partial charge in [-0.1, -0.05) is 0 Å². The Hall–Kier alpha value is -2.55. The summed E-state index contributed by atoms with van der Waals surface area (Å²) in [6.45, 7) is 2.20. The number of rotatable bonds is 2. The van der Waals surface area contributed by atoms with Crippen LogP contribution in [-0.4, -0.2) is 41.6 Å². The van der Waals surface area contributed by atoms with Crippen molar-refractivity contribution in [2.75, 3.05) is 18.5 Å². The van der Waals surface area contributed by atoms with E-state index in [-0.39, 0.29) is 12.1 Å². The van der Waals surface area contributed by atoms with Crippen LogP contribution in [0.15, 0.2) is 24.3 Å². The summed E-state index contributed by atoms with van der Waals surface area (Å²) in [6, 6.07) is 8.17.